The van der Waals surface area contributed by atoms with Crippen LogP contribution in [0.2, 0.25) is 0 Å². The van der Waals surface area contributed by atoms with Crippen LogP contribution in [0.1, 0.15) is 23.2 Å². The fourth-order valence-electron chi connectivity index (χ4n) is 2.88. The maximum Gasteiger partial charge on any atom is 0.337 e. The van der Waals surface area contributed by atoms with Crippen LogP contribution in [-0.2, 0) is 9.47 Å². The Hall–Kier alpha value is -1.11. The van der Waals surface area contributed by atoms with Crippen molar-refractivity contribution in [2.24, 2.45) is 0 Å². The van der Waals surface area contributed by atoms with Crippen LogP contribution in [0.4, 0.5) is 5.69 Å². The van der Waals surface area contributed by atoms with Gasteiger partial charge in [0.25, 0.3) is 0 Å². The van der Waals surface area contributed by atoms with E-state index in [2.05, 4.69) is 15.9 Å². The number of anilines is 1. The van der Waals surface area contributed by atoms with E-state index in [1.165, 1.54) is 0 Å². The van der Waals surface area contributed by atoms with Gasteiger partial charge in [-0.3, -0.25) is 0 Å². The summed E-state index contributed by atoms with van der Waals surface area (Å²) >= 11 is 3.32. The van der Waals surface area contributed by atoms with Crippen LogP contribution in [0.3, 0.4) is 0 Å². The summed E-state index contributed by atoms with van der Waals surface area (Å²) in [6.45, 7) is 2.62. The first-order valence-corrected chi connectivity index (χ1v) is 7.45. The highest BCUT2D eigenvalue weighted by Gasteiger charge is 2.41. The van der Waals surface area contributed by atoms with Gasteiger partial charge in [0.2, 0.25) is 0 Å². The molecule has 0 aliphatic carbocycles. The molecular formula is C14H16BrNO4. The van der Waals surface area contributed by atoms with Gasteiger partial charge in [-0.15, -0.1) is 0 Å². The molecule has 0 saturated carbocycles. The third kappa shape index (κ3) is 2.55. The zero-order valence-corrected chi connectivity index (χ0v) is 12.6. The Balaban J connectivity index is 1.90. The van der Waals surface area contributed by atoms with Gasteiger partial charge in [0.1, 0.15) is 0 Å². The number of aromatic carboxylic acids is 1. The average molecular weight is 342 g/mol. The smallest absolute Gasteiger partial charge is 0.337 e. The average Bonchev–Trinajstić information content (AvgIpc) is 2.86. The molecule has 1 aromatic carbocycles. The van der Waals surface area contributed by atoms with Crippen LogP contribution in [0.15, 0.2) is 22.7 Å². The largest absolute Gasteiger partial charge is 0.478 e. The minimum atomic E-state index is -0.922. The fourth-order valence-corrected chi connectivity index (χ4v) is 3.24. The Morgan fingerprint density at radius 1 is 1.35 bits per heavy atom. The number of halogens is 1. The Morgan fingerprint density at radius 2 is 2.10 bits per heavy atom. The summed E-state index contributed by atoms with van der Waals surface area (Å²) in [5.41, 5.74) is 1.02. The molecule has 0 bridgehead atoms. The van der Waals surface area contributed by atoms with E-state index in [1.807, 2.05) is 17.0 Å². The van der Waals surface area contributed by atoms with E-state index in [4.69, 9.17) is 9.47 Å². The molecule has 0 unspecified atom stereocenters. The van der Waals surface area contributed by atoms with Gasteiger partial charge in [-0.25, -0.2) is 4.79 Å². The minimum absolute atomic E-state index is 0.300. The lowest BCUT2D eigenvalue weighted by atomic mass is 10.0. The molecule has 2 heterocycles. The Labute approximate surface area is 125 Å². The van der Waals surface area contributed by atoms with Gasteiger partial charge in [0.05, 0.1) is 31.0 Å². The van der Waals surface area contributed by atoms with E-state index in [-0.39, 0.29) is 0 Å². The molecule has 5 nitrogen and oxygen atoms in total. The number of piperidine rings is 1. The van der Waals surface area contributed by atoms with E-state index in [1.54, 1.807) is 6.07 Å². The van der Waals surface area contributed by atoms with Gasteiger partial charge in [-0.2, -0.15) is 0 Å². The second-order valence-corrected chi connectivity index (χ2v) is 6.02. The number of ether oxygens (including phenoxy) is 2. The summed E-state index contributed by atoms with van der Waals surface area (Å²) in [6.07, 6.45) is 1.79. The second kappa shape index (κ2) is 5.35. The number of rotatable bonds is 2. The fraction of sp³-hybridized carbons (Fsp3) is 0.500. The molecule has 1 spiro atoms. The zero-order valence-electron chi connectivity index (χ0n) is 11.0. The van der Waals surface area contributed by atoms with Gasteiger partial charge in [0.15, 0.2) is 5.79 Å². The molecule has 0 radical (unpaired) electrons. The molecule has 1 N–H and O–H groups in total. The van der Waals surface area contributed by atoms with Gasteiger partial charge >= 0.3 is 5.97 Å². The monoisotopic (exact) mass is 341 g/mol. The van der Waals surface area contributed by atoms with Crippen LogP contribution in [0.25, 0.3) is 0 Å². The Kier molecular flexibility index (Phi) is 3.70. The summed E-state index contributed by atoms with van der Waals surface area (Å²) in [6, 6.07) is 5.33. The lowest BCUT2D eigenvalue weighted by Crippen LogP contribution is -2.49. The maximum atomic E-state index is 11.4. The number of carboxylic acids is 1. The molecule has 108 valence electrons. The molecule has 20 heavy (non-hydrogen) atoms. The van der Waals surface area contributed by atoms with Gasteiger partial charge in [-0.1, -0.05) is 15.9 Å². The summed E-state index contributed by atoms with van der Waals surface area (Å²) in [7, 11) is 0. The SMILES string of the molecule is O=C(O)c1cc(Br)ccc1N1CCCC2(C1)OCCO2. The van der Waals surface area contributed by atoms with Crippen molar-refractivity contribution in [3.63, 3.8) is 0 Å². The van der Waals surface area contributed by atoms with Crippen molar-refractivity contribution in [2.45, 2.75) is 18.6 Å². The molecule has 3 rings (SSSR count). The first-order chi connectivity index (χ1) is 9.60. The third-order valence-electron chi connectivity index (χ3n) is 3.76. The number of carbonyl (C=O) groups is 1. The van der Waals surface area contributed by atoms with E-state index >= 15 is 0 Å². The first-order valence-electron chi connectivity index (χ1n) is 6.65. The normalized spacial score (nSPS) is 21.4. The summed E-state index contributed by atoms with van der Waals surface area (Å²) in [5.74, 6) is -1.48. The highest BCUT2D eigenvalue weighted by molar-refractivity contribution is 9.10. The quantitative estimate of drug-likeness (QED) is 0.895. The second-order valence-electron chi connectivity index (χ2n) is 5.10. The molecule has 0 amide bonds. The molecule has 2 aliphatic heterocycles. The first kappa shape index (κ1) is 13.9. The molecule has 2 aliphatic rings. The minimum Gasteiger partial charge on any atom is -0.478 e. The predicted molar refractivity (Wildman–Crippen MR) is 77.2 cm³/mol. The zero-order chi connectivity index (χ0) is 14.2. The molecule has 0 atom stereocenters. The Bertz CT molecular complexity index is 528. The van der Waals surface area contributed by atoms with Crippen molar-refractivity contribution in [1.29, 1.82) is 0 Å². The lowest BCUT2D eigenvalue weighted by molar-refractivity contribution is -0.161. The van der Waals surface area contributed by atoms with Crippen LogP contribution in [-0.4, -0.2) is 43.2 Å². The van der Waals surface area contributed by atoms with Crippen LogP contribution < -0.4 is 4.90 Å². The van der Waals surface area contributed by atoms with Crippen LogP contribution in [0.5, 0.6) is 0 Å². The lowest BCUT2D eigenvalue weighted by Gasteiger charge is -2.40. The number of carboxylic acid groups (broad SMARTS) is 1. The van der Waals surface area contributed by atoms with Crippen molar-refractivity contribution in [1.82, 2.24) is 0 Å². The molecule has 2 fully saturated rings. The van der Waals surface area contributed by atoms with Crippen molar-refractivity contribution in [2.75, 3.05) is 31.2 Å². The van der Waals surface area contributed by atoms with Crippen molar-refractivity contribution in [3.8, 4) is 0 Å². The van der Waals surface area contributed by atoms with Crippen LogP contribution in [0, 0.1) is 0 Å². The molecule has 2 saturated heterocycles. The van der Waals surface area contributed by atoms with E-state index in [0.29, 0.717) is 25.3 Å². The van der Waals surface area contributed by atoms with Crippen molar-refractivity contribution < 1.29 is 19.4 Å². The topological polar surface area (TPSA) is 59.0 Å². The van der Waals surface area contributed by atoms with Gasteiger partial charge < -0.3 is 19.5 Å². The molecular weight excluding hydrogens is 326 g/mol. The molecule has 0 aromatic heterocycles. The third-order valence-corrected chi connectivity index (χ3v) is 4.25. The van der Waals surface area contributed by atoms with E-state index in [9.17, 15) is 9.90 Å². The number of benzene rings is 1. The number of hydrogen-bond acceptors (Lipinski definition) is 4. The highest BCUT2D eigenvalue weighted by atomic mass is 79.9. The van der Waals surface area contributed by atoms with Gasteiger partial charge in [0, 0.05) is 17.4 Å². The number of hydrogen-bond donors (Lipinski definition) is 1. The molecule has 1 aromatic rings. The van der Waals surface area contributed by atoms with E-state index in [0.717, 1.165) is 29.5 Å². The van der Waals surface area contributed by atoms with Crippen molar-refractivity contribution in [3.05, 3.63) is 28.2 Å². The molecule has 6 heteroatoms. The summed E-state index contributed by atoms with van der Waals surface area (Å²) in [4.78, 5) is 13.5. The maximum absolute atomic E-state index is 11.4. The van der Waals surface area contributed by atoms with Crippen molar-refractivity contribution >= 4 is 27.6 Å². The van der Waals surface area contributed by atoms with Gasteiger partial charge in [-0.05, 0) is 24.6 Å². The Morgan fingerprint density at radius 3 is 2.80 bits per heavy atom. The highest BCUT2D eigenvalue weighted by Crippen LogP contribution is 2.34. The summed E-state index contributed by atoms with van der Waals surface area (Å²) in [5, 5.41) is 9.37. The van der Waals surface area contributed by atoms with E-state index < -0.39 is 11.8 Å². The standard InChI is InChI=1S/C14H16BrNO4/c15-10-2-3-12(11(8-10)13(17)18)16-5-1-4-14(9-16)19-6-7-20-14/h2-3,8H,1,4-7,9H2,(H,17,18). The van der Waals surface area contributed by atoms with Crippen LogP contribution >= 0.6 is 15.9 Å². The predicted octanol–water partition coefficient (Wildman–Crippen LogP) is 2.49. The number of nitrogens with zero attached hydrogens (tertiary/aromatic N) is 1. The summed E-state index contributed by atoms with van der Waals surface area (Å²) < 4.78 is 12.2.